The molecule has 2 saturated heterocycles. The Morgan fingerprint density at radius 1 is 1.12 bits per heavy atom. The molecule has 2 rings (SSSR count). The van der Waals surface area contributed by atoms with Gasteiger partial charge in [0.2, 0.25) is 0 Å². The van der Waals surface area contributed by atoms with E-state index in [1.165, 1.54) is 38.8 Å². The van der Waals surface area contributed by atoms with E-state index in [1.807, 2.05) is 0 Å². The molecular formula is C18H37N5O. The number of likely N-dealkylation sites (N-methyl/N-ethyl adjacent to an activating group) is 1. The number of rotatable bonds is 9. The van der Waals surface area contributed by atoms with Crippen molar-refractivity contribution in [1.29, 1.82) is 0 Å². The lowest BCUT2D eigenvalue weighted by Gasteiger charge is -2.26. The molecule has 2 N–H and O–H groups in total. The summed E-state index contributed by atoms with van der Waals surface area (Å²) in [5.41, 5.74) is 0. The number of nitrogens with one attached hydrogen (secondary N) is 2. The van der Waals surface area contributed by atoms with E-state index in [4.69, 9.17) is 9.73 Å². The number of ether oxygens (including phenoxy) is 1. The Hall–Kier alpha value is -0.850. The number of hydrogen-bond acceptors (Lipinski definition) is 4. The molecule has 6 nitrogen and oxygen atoms in total. The number of unbranched alkanes of at least 4 members (excludes halogenated alkanes) is 1. The topological polar surface area (TPSA) is 52.1 Å². The minimum atomic E-state index is 0.631. The largest absolute Gasteiger partial charge is 0.379 e. The predicted molar refractivity (Wildman–Crippen MR) is 101 cm³/mol. The first-order chi connectivity index (χ1) is 11.8. The van der Waals surface area contributed by atoms with E-state index in [0.29, 0.717) is 6.04 Å². The molecule has 2 aliphatic heterocycles. The fourth-order valence-electron chi connectivity index (χ4n) is 3.55. The SMILES string of the molecule is CCNC(=NCC1CCCN1CC)NCCCCN1CCOCC1. The molecule has 140 valence electrons. The van der Waals surface area contributed by atoms with Gasteiger partial charge in [0.1, 0.15) is 0 Å². The summed E-state index contributed by atoms with van der Waals surface area (Å²) in [5.74, 6) is 0.979. The van der Waals surface area contributed by atoms with Crippen molar-refractivity contribution in [2.75, 3.05) is 65.6 Å². The minimum Gasteiger partial charge on any atom is -0.379 e. The third-order valence-corrected chi connectivity index (χ3v) is 5.01. The van der Waals surface area contributed by atoms with E-state index in [2.05, 4.69) is 34.3 Å². The first-order valence-corrected chi connectivity index (χ1v) is 9.89. The van der Waals surface area contributed by atoms with E-state index < -0.39 is 0 Å². The van der Waals surface area contributed by atoms with Gasteiger partial charge in [0.25, 0.3) is 0 Å². The molecule has 0 spiro atoms. The Balaban J connectivity index is 1.62. The zero-order valence-electron chi connectivity index (χ0n) is 15.7. The van der Waals surface area contributed by atoms with Crippen molar-refractivity contribution in [3.8, 4) is 0 Å². The van der Waals surface area contributed by atoms with Crippen LogP contribution in [0, 0.1) is 0 Å². The molecular weight excluding hydrogens is 302 g/mol. The van der Waals surface area contributed by atoms with E-state index >= 15 is 0 Å². The zero-order valence-corrected chi connectivity index (χ0v) is 15.7. The number of guanidine groups is 1. The molecule has 24 heavy (non-hydrogen) atoms. The smallest absolute Gasteiger partial charge is 0.191 e. The maximum atomic E-state index is 5.39. The van der Waals surface area contributed by atoms with Gasteiger partial charge in [0, 0.05) is 32.2 Å². The van der Waals surface area contributed by atoms with Gasteiger partial charge in [0.05, 0.1) is 19.8 Å². The lowest BCUT2D eigenvalue weighted by molar-refractivity contribution is 0.0372. The summed E-state index contributed by atoms with van der Waals surface area (Å²) in [5, 5.41) is 6.87. The highest BCUT2D eigenvalue weighted by molar-refractivity contribution is 5.79. The molecule has 0 aliphatic carbocycles. The van der Waals surface area contributed by atoms with Crippen LogP contribution < -0.4 is 10.6 Å². The van der Waals surface area contributed by atoms with Gasteiger partial charge in [-0.25, -0.2) is 0 Å². The standard InChI is InChI=1S/C18H37N5O/c1-3-19-18(21-16-17-8-7-11-23(17)4-2)20-9-5-6-10-22-12-14-24-15-13-22/h17H,3-16H2,1-2H3,(H2,19,20,21). The third-order valence-electron chi connectivity index (χ3n) is 5.01. The average Bonchev–Trinajstić information content (AvgIpc) is 3.07. The first-order valence-electron chi connectivity index (χ1n) is 9.89. The highest BCUT2D eigenvalue weighted by Crippen LogP contribution is 2.16. The van der Waals surface area contributed by atoms with Crippen molar-refractivity contribution in [1.82, 2.24) is 20.4 Å². The van der Waals surface area contributed by atoms with Gasteiger partial charge in [-0.1, -0.05) is 6.92 Å². The molecule has 0 aromatic rings. The molecule has 0 amide bonds. The Morgan fingerprint density at radius 3 is 2.71 bits per heavy atom. The highest BCUT2D eigenvalue weighted by atomic mass is 16.5. The van der Waals surface area contributed by atoms with Crippen molar-refractivity contribution in [3.05, 3.63) is 0 Å². The lowest BCUT2D eigenvalue weighted by Crippen LogP contribution is -2.40. The number of likely N-dealkylation sites (tertiary alicyclic amines) is 1. The van der Waals surface area contributed by atoms with Gasteiger partial charge >= 0.3 is 0 Å². The summed E-state index contributed by atoms with van der Waals surface area (Å²) >= 11 is 0. The predicted octanol–water partition coefficient (Wildman–Crippen LogP) is 1.14. The van der Waals surface area contributed by atoms with Crippen LogP contribution >= 0.6 is 0 Å². The average molecular weight is 340 g/mol. The summed E-state index contributed by atoms with van der Waals surface area (Å²) in [6.07, 6.45) is 5.03. The van der Waals surface area contributed by atoms with Crippen LogP contribution in [-0.2, 0) is 4.74 Å². The maximum Gasteiger partial charge on any atom is 0.191 e. The molecule has 6 heteroatoms. The maximum absolute atomic E-state index is 5.39. The van der Waals surface area contributed by atoms with Crippen LogP contribution in [0.5, 0.6) is 0 Å². The molecule has 2 fully saturated rings. The summed E-state index contributed by atoms with van der Waals surface area (Å²) in [6.45, 7) is 14.7. The van der Waals surface area contributed by atoms with Crippen LogP contribution in [0.2, 0.25) is 0 Å². The Kier molecular flexibility index (Phi) is 9.46. The number of aliphatic imine (C=N–C) groups is 1. The van der Waals surface area contributed by atoms with Gasteiger partial charge < -0.3 is 15.4 Å². The van der Waals surface area contributed by atoms with E-state index in [1.54, 1.807) is 0 Å². The summed E-state index contributed by atoms with van der Waals surface area (Å²) in [6, 6.07) is 0.631. The summed E-state index contributed by atoms with van der Waals surface area (Å²) in [7, 11) is 0. The van der Waals surface area contributed by atoms with Gasteiger partial charge in [-0.15, -0.1) is 0 Å². The van der Waals surface area contributed by atoms with Gasteiger partial charge in [0.15, 0.2) is 5.96 Å². The van der Waals surface area contributed by atoms with Crippen LogP contribution in [0.3, 0.4) is 0 Å². The Morgan fingerprint density at radius 2 is 1.96 bits per heavy atom. The molecule has 0 radical (unpaired) electrons. The van der Waals surface area contributed by atoms with Crippen LogP contribution in [0.4, 0.5) is 0 Å². The second-order valence-electron chi connectivity index (χ2n) is 6.73. The molecule has 1 atom stereocenters. The highest BCUT2D eigenvalue weighted by Gasteiger charge is 2.22. The fourth-order valence-corrected chi connectivity index (χ4v) is 3.55. The monoisotopic (exact) mass is 339 g/mol. The number of nitrogens with zero attached hydrogens (tertiary/aromatic N) is 3. The minimum absolute atomic E-state index is 0.631. The molecule has 2 aliphatic rings. The Bertz CT molecular complexity index is 357. The van der Waals surface area contributed by atoms with E-state index in [-0.39, 0.29) is 0 Å². The van der Waals surface area contributed by atoms with Crippen LogP contribution in [0.25, 0.3) is 0 Å². The first kappa shape index (κ1) is 19.5. The second-order valence-corrected chi connectivity index (χ2v) is 6.73. The van der Waals surface area contributed by atoms with Crippen molar-refractivity contribution in [2.24, 2.45) is 4.99 Å². The van der Waals surface area contributed by atoms with Crippen LogP contribution in [0.15, 0.2) is 4.99 Å². The van der Waals surface area contributed by atoms with E-state index in [9.17, 15) is 0 Å². The summed E-state index contributed by atoms with van der Waals surface area (Å²) in [4.78, 5) is 9.86. The lowest BCUT2D eigenvalue weighted by atomic mass is 10.2. The summed E-state index contributed by atoms with van der Waals surface area (Å²) < 4.78 is 5.39. The molecule has 0 bridgehead atoms. The molecule has 0 aromatic heterocycles. The normalized spacial score (nSPS) is 23.6. The molecule has 0 aromatic carbocycles. The quantitative estimate of drug-likeness (QED) is 0.375. The Labute approximate surface area is 148 Å². The number of hydrogen-bond donors (Lipinski definition) is 2. The van der Waals surface area contributed by atoms with E-state index in [0.717, 1.165) is 58.4 Å². The second kappa shape index (κ2) is 11.7. The van der Waals surface area contributed by atoms with Crippen molar-refractivity contribution in [2.45, 2.75) is 45.6 Å². The van der Waals surface area contributed by atoms with Crippen LogP contribution in [-0.4, -0.2) is 87.4 Å². The fraction of sp³-hybridized carbons (Fsp3) is 0.944. The molecule has 0 saturated carbocycles. The van der Waals surface area contributed by atoms with Crippen LogP contribution in [0.1, 0.15) is 39.5 Å². The third kappa shape index (κ3) is 6.95. The van der Waals surface area contributed by atoms with Crippen molar-refractivity contribution in [3.63, 3.8) is 0 Å². The van der Waals surface area contributed by atoms with Gasteiger partial charge in [-0.05, 0) is 52.2 Å². The molecule has 1 unspecified atom stereocenters. The molecule has 2 heterocycles. The van der Waals surface area contributed by atoms with Gasteiger partial charge in [-0.2, -0.15) is 0 Å². The zero-order chi connectivity index (χ0) is 17.0. The van der Waals surface area contributed by atoms with Gasteiger partial charge in [-0.3, -0.25) is 14.8 Å². The van der Waals surface area contributed by atoms with Crippen molar-refractivity contribution < 1.29 is 4.74 Å². The van der Waals surface area contributed by atoms with Crippen molar-refractivity contribution >= 4 is 5.96 Å². The number of morpholine rings is 1.